The van der Waals surface area contributed by atoms with Crippen molar-refractivity contribution < 1.29 is 4.39 Å². The maximum atomic E-state index is 14.2. The van der Waals surface area contributed by atoms with Crippen LogP contribution >= 0.6 is 0 Å². The van der Waals surface area contributed by atoms with Gasteiger partial charge in [0.15, 0.2) is 0 Å². The van der Waals surface area contributed by atoms with Gasteiger partial charge in [-0.05, 0) is 78.9 Å². The first-order chi connectivity index (χ1) is 15.7. The second kappa shape index (κ2) is 12.5. The number of benzene rings is 3. The fraction of sp³-hybridized carbons (Fsp3) is 0.290. The summed E-state index contributed by atoms with van der Waals surface area (Å²) < 4.78 is 14.2. The summed E-state index contributed by atoms with van der Waals surface area (Å²) in [5, 5.41) is 0. The molecule has 0 saturated heterocycles. The summed E-state index contributed by atoms with van der Waals surface area (Å²) in [6, 6.07) is 21.7. The molecule has 0 fully saturated rings. The molecule has 0 spiro atoms. The molecule has 0 unspecified atom stereocenters. The number of hydrogen-bond donors (Lipinski definition) is 0. The van der Waals surface area contributed by atoms with Crippen LogP contribution in [0.1, 0.15) is 79.3 Å². The molecule has 0 aliphatic heterocycles. The number of rotatable bonds is 7. The van der Waals surface area contributed by atoms with Crippen LogP contribution in [0.25, 0.3) is 0 Å². The highest BCUT2D eigenvalue weighted by atomic mass is 19.1. The van der Waals surface area contributed by atoms with Crippen LogP contribution < -0.4 is 0 Å². The van der Waals surface area contributed by atoms with Gasteiger partial charge >= 0.3 is 0 Å². The summed E-state index contributed by atoms with van der Waals surface area (Å²) in [5.74, 6) is 12.2. The van der Waals surface area contributed by atoms with Crippen LogP contribution in [0.2, 0.25) is 0 Å². The third-order valence-corrected chi connectivity index (χ3v) is 5.42. The van der Waals surface area contributed by atoms with E-state index < -0.39 is 0 Å². The molecule has 162 valence electrons. The average molecular weight is 423 g/mol. The molecule has 0 bridgehead atoms. The van der Waals surface area contributed by atoms with Crippen molar-refractivity contribution >= 4 is 0 Å². The van der Waals surface area contributed by atoms with Gasteiger partial charge in [0.1, 0.15) is 5.82 Å². The molecule has 0 aliphatic carbocycles. The lowest BCUT2D eigenvalue weighted by molar-refractivity contribution is 0.621. The zero-order valence-electron chi connectivity index (χ0n) is 19.2. The topological polar surface area (TPSA) is 0 Å². The van der Waals surface area contributed by atoms with Gasteiger partial charge in [-0.25, -0.2) is 4.39 Å². The number of unbranched alkanes of at least 4 members (excludes halogenated alkanes) is 3. The molecule has 0 aromatic heterocycles. The summed E-state index contributed by atoms with van der Waals surface area (Å²) in [7, 11) is 0. The summed E-state index contributed by atoms with van der Waals surface area (Å²) in [4.78, 5) is 0. The SMILES string of the molecule is CCCCCCc1ccc(C#Cc2ccc(C#Cc3ccc(CCC)cc3F)cc2)cc1. The van der Waals surface area contributed by atoms with Crippen molar-refractivity contribution in [3.05, 3.63) is 106 Å². The van der Waals surface area contributed by atoms with Gasteiger partial charge in [-0.15, -0.1) is 0 Å². The molecule has 3 aromatic carbocycles. The van der Waals surface area contributed by atoms with E-state index in [1.807, 2.05) is 30.3 Å². The molecule has 1 heteroatoms. The first-order valence-electron chi connectivity index (χ1n) is 11.7. The van der Waals surface area contributed by atoms with Gasteiger partial charge in [-0.3, -0.25) is 0 Å². The zero-order valence-corrected chi connectivity index (χ0v) is 19.2. The predicted octanol–water partition coefficient (Wildman–Crippen LogP) is 7.70. The lowest BCUT2D eigenvalue weighted by Crippen LogP contribution is -1.89. The molecule has 3 aromatic rings. The number of hydrogen-bond acceptors (Lipinski definition) is 0. The second-order valence-corrected chi connectivity index (χ2v) is 8.15. The molecule has 0 heterocycles. The first-order valence-corrected chi connectivity index (χ1v) is 11.7. The molecule has 0 aliphatic rings. The molecule has 0 amide bonds. The highest BCUT2D eigenvalue weighted by molar-refractivity contribution is 5.48. The van der Waals surface area contributed by atoms with E-state index in [1.54, 1.807) is 12.1 Å². The zero-order chi connectivity index (χ0) is 22.6. The summed E-state index contributed by atoms with van der Waals surface area (Å²) in [5.41, 5.74) is 5.64. The van der Waals surface area contributed by atoms with Crippen LogP contribution in [-0.4, -0.2) is 0 Å². The lowest BCUT2D eigenvalue weighted by Gasteiger charge is -2.01. The van der Waals surface area contributed by atoms with Gasteiger partial charge in [0.2, 0.25) is 0 Å². The fourth-order valence-electron chi connectivity index (χ4n) is 3.54. The maximum Gasteiger partial charge on any atom is 0.139 e. The summed E-state index contributed by atoms with van der Waals surface area (Å²) >= 11 is 0. The minimum Gasteiger partial charge on any atom is -0.206 e. The summed E-state index contributed by atoms with van der Waals surface area (Å²) in [6.07, 6.45) is 8.18. The van der Waals surface area contributed by atoms with Crippen LogP contribution in [0.15, 0.2) is 66.7 Å². The maximum absolute atomic E-state index is 14.2. The highest BCUT2D eigenvalue weighted by Crippen LogP contribution is 2.12. The van der Waals surface area contributed by atoms with Crippen molar-refractivity contribution in [2.45, 2.75) is 58.8 Å². The van der Waals surface area contributed by atoms with E-state index in [1.165, 1.54) is 31.2 Å². The van der Waals surface area contributed by atoms with E-state index in [0.29, 0.717) is 5.56 Å². The molecule has 0 atom stereocenters. The lowest BCUT2D eigenvalue weighted by atomic mass is 10.0. The van der Waals surface area contributed by atoms with Crippen molar-refractivity contribution in [1.82, 2.24) is 0 Å². The Morgan fingerprint density at radius 1 is 0.562 bits per heavy atom. The van der Waals surface area contributed by atoms with Crippen LogP contribution in [-0.2, 0) is 12.8 Å². The minimum absolute atomic E-state index is 0.252. The molecule has 0 radical (unpaired) electrons. The van der Waals surface area contributed by atoms with Crippen LogP contribution in [0.3, 0.4) is 0 Å². The molecular weight excluding hydrogens is 391 g/mol. The van der Waals surface area contributed by atoms with Crippen LogP contribution in [0, 0.1) is 29.5 Å². The standard InChI is InChI=1S/C31H31F/c1-3-5-6-7-9-25-10-12-26(13-11-25)14-15-27-16-18-28(19-17-27)20-22-30-23-21-29(8-4-2)24-31(30)32/h10-13,16-19,21,23-24H,3-9H2,1-2H3. The van der Waals surface area contributed by atoms with Gasteiger partial charge < -0.3 is 0 Å². The second-order valence-electron chi connectivity index (χ2n) is 8.15. The van der Waals surface area contributed by atoms with Crippen molar-refractivity contribution in [3.63, 3.8) is 0 Å². The highest BCUT2D eigenvalue weighted by Gasteiger charge is 2.01. The van der Waals surface area contributed by atoms with Crippen molar-refractivity contribution in [3.8, 4) is 23.7 Å². The van der Waals surface area contributed by atoms with Crippen LogP contribution in [0.5, 0.6) is 0 Å². The Bertz CT molecular complexity index is 1110. The number of aryl methyl sites for hydroxylation is 2. The van der Waals surface area contributed by atoms with E-state index in [0.717, 1.165) is 41.5 Å². The Kier molecular flexibility index (Phi) is 9.16. The molecule has 0 nitrogen and oxygen atoms in total. The Balaban J connectivity index is 1.59. The molecule has 3 rings (SSSR count). The van der Waals surface area contributed by atoms with Gasteiger partial charge in [0.25, 0.3) is 0 Å². The average Bonchev–Trinajstić information content (AvgIpc) is 2.82. The van der Waals surface area contributed by atoms with Gasteiger partial charge in [0.05, 0.1) is 5.56 Å². The molecule has 0 N–H and O–H groups in total. The largest absolute Gasteiger partial charge is 0.206 e. The Hall–Kier alpha value is -3.29. The van der Waals surface area contributed by atoms with E-state index in [-0.39, 0.29) is 5.82 Å². The Morgan fingerprint density at radius 2 is 1.12 bits per heavy atom. The third kappa shape index (κ3) is 7.44. The van der Waals surface area contributed by atoms with Gasteiger partial charge in [-0.2, -0.15) is 0 Å². The Morgan fingerprint density at radius 3 is 1.69 bits per heavy atom. The molecular formula is C31H31F. The minimum atomic E-state index is -0.252. The van der Waals surface area contributed by atoms with E-state index >= 15 is 0 Å². The molecule has 32 heavy (non-hydrogen) atoms. The smallest absolute Gasteiger partial charge is 0.139 e. The van der Waals surface area contributed by atoms with E-state index in [4.69, 9.17) is 0 Å². The number of halogens is 1. The Labute approximate surface area is 192 Å². The fourth-order valence-corrected chi connectivity index (χ4v) is 3.54. The van der Waals surface area contributed by atoms with E-state index in [2.05, 4.69) is 61.8 Å². The van der Waals surface area contributed by atoms with Crippen molar-refractivity contribution in [2.75, 3.05) is 0 Å². The monoisotopic (exact) mass is 422 g/mol. The normalized spacial score (nSPS) is 10.1. The quantitative estimate of drug-likeness (QED) is 0.270. The van der Waals surface area contributed by atoms with Crippen molar-refractivity contribution in [2.24, 2.45) is 0 Å². The van der Waals surface area contributed by atoms with Crippen LogP contribution in [0.4, 0.5) is 4.39 Å². The predicted molar refractivity (Wildman–Crippen MR) is 133 cm³/mol. The summed E-state index contributed by atoms with van der Waals surface area (Å²) in [6.45, 7) is 4.33. The van der Waals surface area contributed by atoms with Crippen molar-refractivity contribution in [1.29, 1.82) is 0 Å². The van der Waals surface area contributed by atoms with Gasteiger partial charge in [0, 0.05) is 16.7 Å². The first kappa shape index (κ1) is 23.4. The van der Waals surface area contributed by atoms with Gasteiger partial charge in [-0.1, -0.05) is 81.4 Å². The van der Waals surface area contributed by atoms with E-state index in [9.17, 15) is 4.39 Å². The molecule has 0 saturated carbocycles. The third-order valence-electron chi connectivity index (χ3n) is 5.42.